The second-order valence-corrected chi connectivity index (χ2v) is 3.16. The number of nitrogens with two attached hydrogens (primary N) is 1. The minimum atomic E-state index is 0.0636. The monoisotopic (exact) mass is 177 g/mol. The molecule has 0 radical (unpaired) electrons. The lowest BCUT2D eigenvalue weighted by molar-refractivity contribution is 1.16. The maximum absolute atomic E-state index is 7.31. The van der Waals surface area contributed by atoms with Gasteiger partial charge in [0.25, 0.3) is 0 Å². The Labute approximate surface area is 78.7 Å². The summed E-state index contributed by atoms with van der Waals surface area (Å²) in [4.78, 5) is 1.67. The zero-order valence-corrected chi connectivity index (χ0v) is 8.26. The van der Waals surface area contributed by atoms with E-state index in [0.717, 1.165) is 5.69 Å². The Hall–Kier alpha value is -1.51. The topological polar surface area (TPSA) is 53.1 Å². The van der Waals surface area contributed by atoms with Crippen LogP contribution >= 0.6 is 0 Å². The summed E-state index contributed by atoms with van der Waals surface area (Å²) >= 11 is 0. The number of hydrogen-bond acceptors (Lipinski definition) is 1. The molecule has 0 unspecified atom stereocenters. The van der Waals surface area contributed by atoms with Gasteiger partial charge in [0, 0.05) is 12.7 Å². The lowest BCUT2D eigenvalue weighted by atomic mass is 10.1. The average molecular weight is 177 g/mol. The third-order valence-electron chi connectivity index (χ3n) is 2.30. The lowest BCUT2D eigenvalue weighted by Gasteiger charge is -2.19. The second kappa shape index (κ2) is 3.47. The average Bonchev–Trinajstić information content (AvgIpc) is 2.08. The number of nitrogens with zero attached hydrogens (tertiary/aromatic N) is 1. The number of anilines is 1. The van der Waals surface area contributed by atoms with Gasteiger partial charge in [-0.15, -0.1) is 0 Å². The Morgan fingerprint density at radius 2 is 2.00 bits per heavy atom. The molecule has 1 rings (SSSR count). The molecule has 0 aliphatic heterocycles. The molecule has 3 nitrogen and oxygen atoms in total. The van der Waals surface area contributed by atoms with Crippen LogP contribution in [0.3, 0.4) is 0 Å². The zero-order chi connectivity index (χ0) is 10.0. The zero-order valence-electron chi connectivity index (χ0n) is 8.26. The minimum absolute atomic E-state index is 0.0636. The molecule has 0 fully saturated rings. The van der Waals surface area contributed by atoms with Crippen molar-refractivity contribution in [2.45, 2.75) is 13.8 Å². The van der Waals surface area contributed by atoms with Crippen molar-refractivity contribution in [3.8, 4) is 0 Å². The summed E-state index contributed by atoms with van der Waals surface area (Å²) in [6.45, 7) is 4.08. The van der Waals surface area contributed by atoms with Gasteiger partial charge < -0.3 is 10.6 Å². The fourth-order valence-corrected chi connectivity index (χ4v) is 1.23. The van der Waals surface area contributed by atoms with Crippen LogP contribution in [0.15, 0.2) is 18.2 Å². The number of guanidine groups is 1. The standard InChI is InChI=1S/C10H15N3/c1-7-5-4-6-9(8(7)2)13(3)10(11)12/h4-6H,1-3H3,(H3,11,12). The molecule has 13 heavy (non-hydrogen) atoms. The molecule has 0 heterocycles. The molecular weight excluding hydrogens is 162 g/mol. The van der Waals surface area contributed by atoms with Crippen LogP contribution in [0.4, 0.5) is 5.69 Å². The molecule has 1 aromatic carbocycles. The molecule has 0 bridgehead atoms. The summed E-state index contributed by atoms with van der Waals surface area (Å²) in [6, 6.07) is 5.98. The third-order valence-corrected chi connectivity index (χ3v) is 2.30. The summed E-state index contributed by atoms with van der Waals surface area (Å²) < 4.78 is 0. The molecule has 0 aliphatic carbocycles. The van der Waals surface area contributed by atoms with E-state index in [1.165, 1.54) is 11.1 Å². The van der Waals surface area contributed by atoms with Crippen LogP contribution in [0.25, 0.3) is 0 Å². The van der Waals surface area contributed by atoms with E-state index in [2.05, 4.69) is 0 Å². The van der Waals surface area contributed by atoms with Crippen LogP contribution in [-0.2, 0) is 0 Å². The lowest BCUT2D eigenvalue weighted by Crippen LogP contribution is -2.33. The Morgan fingerprint density at radius 3 is 2.54 bits per heavy atom. The number of aryl methyl sites for hydroxylation is 1. The van der Waals surface area contributed by atoms with E-state index in [9.17, 15) is 0 Å². The van der Waals surface area contributed by atoms with Gasteiger partial charge in [0.15, 0.2) is 5.96 Å². The summed E-state index contributed by atoms with van der Waals surface area (Å²) in [5.41, 5.74) is 8.77. The number of benzene rings is 1. The van der Waals surface area contributed by atoms with Gasteiger partial charge in [-0.05, 0) is 31.0 Å². The Morgan fingerprint density at radius 1 is 1.38 bits per heavy atom. The van der Waals surface area contributed by atoms with E-state index in [-0.39, 0.29) is 5.96 Å². The molecule has 0 atom stereocenters. The van der Waals surface area contributed by atoms with Crippen LogP contribution in [-0.4, -0.2) is 13.0 Å². The first-order chi connectivity index (χ1) is 6.04. The molecule has 0 saturated carbocycles. The van der Waals surface area contributed by atoms with E-state index in [1.807, 2.05) is 32.0 Å². The largest absolute Gasteiger partial charge is 0.370 e. The molecule has 1 aromatic rings. The van der Waals surface area contributed by atoms with Crippen LogP contribution in [0, 0.1) is 19.3 Å². The highest BCUT2D eigenvalue weighted by molar-refractivity contribution is 5.92. The van der Waals surface area contributed by atoms with Crippen molar-refractivity contribution in [3.63, 3.8) is 0 Å². The molecule has 0 aliphatic rings. The van der Waals surface area contributed by atoms with Gasteiger partial charge in [-0.3, -0.25) is 5.41 Å². The van der Waals surface area contributed by atoms with Crippen LogP contribution in [0.1, 0.15) is 11.1 Å². The number of nitrogens with one attached hydrogen (secondary N) is 1. The van der Waals surface area contributed by atoms with Crippen LogP contribution in [0.5, 0.6) is 0 Å². The number of rotatable bonds is 1. The molecule has 0 saturated heterocycles. The third kappa shape index (κ3) is 1.80. The number of hydrogen-bond donors (Lipinski definition) is 2. The van der Waals surface area contributed by atoms with Crippen molar-refractivity contribution in [2.75, 3.05) is 11.9 Å². The second-order valence-electron chi connectivity index (χ2n) is 3.16. The Kier molecular flexibility index (Phi) is 2.56. The van der Waals surface area contributed by atoms with Crippen LogP contribution < -0.4 is 10.6 Å². The quantitative estimate of drug-likeness (QED) is 0.506. The van der Waals surface area contributed by atoms with E-state index in [0.29, 0.717) is 0 Å². The van der Waals surface area contributed by atoms with Gasteiger partial charge in [-0.25, -0.2) is 0 Å². The first kappa shape index (κ1) is 9.58. The van der Waals surface area contributed by atoms with Crippen molar-refractivity contribution in [1.82, 2.24) is 0 Å². The normalized spacial score (nSPS) is 9.77. The van der Waals surface area contributed by atoms with Crippen molar-refractivity contribution < 1.29 is 0 Å². The van der Waals surface area contributed by atoms with Gasteiger partial charge in [0.05, 0.1) is 0 Å². The van der Waals surface area contributed by atoms with E-state index in [4.69, 9.17) is 11.1 Å². The SMILES string of the molecule is Cc1cccc(N(C)C(=N)N)c1C. The molecule has 70 valence electrons. The van der Waals surface area contributed by atoms with E-state index >= 15 is 0 Å². The highest BCUT2D eigenvalue weighted by Crippen LogP contribution is 2.20. The predicted molar refractivity (Wildman–Crippen MR) is 56.2 cm³/mol. The van der Waals surface area contributed by atoms with E-state index < -0.39 is 0 Å². The fraction of sp³-hybridized carbons (Fsp3) is 0.300. The first-order valence-electron chi connectivity index (χ1n) is 4.18. The molecule has 3 heteroatoms. The molecule has 0 amide bonds. The van der Waals surface area contributed by atoms with Crippen molar-refractivity contribution in [3.05, 3.63) is 29.3 Å². The maximum atomic E-state index is 7.31. The minimum Gasteiger partial charge on any atom is -0.370 e. The van der Waals surface area contributed by atoms with Crippen molar-refractivity contribution in [1.29, 1.82) is 5.41 Å². The van der Waals surface area contributed by atoms with Crippen LogP contribution in [0.2, 0.25) is 0 Å². The van der Waals surface area contributed by atoms with Gasteiger partial charge in [-0.1, -0.05) is 12.1 Å². The van der Waals surface area contributed by atoms with Crippen molar-refractivity contribution >= 4 is 11.6 Å². The highest BCUT2D eigenvalue weighted by Gasteiger charge is 2.07. The van der Waals surface area contributed by atoms with E-state index in [1.54, 1.807) is 11.9 Å². The van der Waals surface area contributed by atoms with Gasteiger partial charge >= 0.3 is 0 Å². The smallest absolute Gasteiger partial charge is 0.192 e. The van der Waals surface area contributed by atoms with Gasteiger partial charge in [0.1, 0.15) is 0 Å². The molecule has 3 N–H and O–H groups in total. The summed E-state index contributed by atoms with van der Waals surface area (Å²) in [5.74, 6) is 0.0636. The Bertz CT molecular complexity index is 331. The first-order valence-corrected chi connectivity index (χ1v) is 4.18. The summed E-state index contributed by atoms with van der Waals surface area (Å²) in [6.07, 6.45) is 0. The fourth-order valence-electron chi connectivity index (χ4n) is 1.23. The van der Waals surface area contributed by atoms with Crippen molar-refractivity contribution in [2.24, 2.45) is 5.73 Å². The van der Waals surface area contributed by atoms with Gasteiger partial charge in [-0.2, -0.15) is 0 Å². The molecule has 0 aromatic heterocycles. The maximum Gasteiger partial charge on any atom is 0.192 e. The predicted octanol–water partition coefficient (Wildman–Crippen LogP) is 1.63. The Balaban J connectivity index is 3.15. The van der Waals surface area contributed by atoms with Gasteiger partial charge in [0.2, 0.25) is 0 Å². The molecular formula is C10H15N3. The highest BCUT2D eigenvalue weighted by atomic mass is 15.2. The summed E-state index contributed by atoms with van der Waals surface area (Å²) in [7, 11) is 1.80. The summed E-state index contributed by atoms with van der Waals surface area (Å²) in [5, 5.41) is 7.31. The molecule has 0 spiro atoms.